The Morgan fingerprint density at radius 2 is 2.17 bits per heavy atom. The summed E-state index contributed by atoms with van der Waals surface area (Å²) in [5, 5.41) is 12.3. The van der Waals surface area contributed by atoms with E-state index in [0.29, 0.717) is 11.3 Å². The normalized spacial score (nSPS) is 22.6. The second-order valence-electron chi connectivity index (χ2n) is 5.33. The molecule has 1 amide bonds. The number of ether oxygens (including phenoxy) is 1. The summed E-state index contributed by atoms with van der Waals surface area (Å²) in [7, 11) is 0. The zero-order valence-electron chi connectivity index (χ0n) is 12.4. The number of nitriles is 1. The van der Waals surface area contributed by atoms with Crippen molar-refractivity contribution < 1.29 is 14.3 Å². The van der Waals surface area contributed by atoms with Gasteiger partial charge in [0.1, 0.15) is 22.8 Å². The second-order valence-corrected chi connectivity index (χ2v) is 6.25. The number of allylic oxidation sites excluding steroid dienone is 1. The predicted octanol–water partition coefficient (Wildman–Crippen LogP) is 2.23. The van der Waals surface area contributed by atoms with Crippen LogP contribution in [0.5, 0.6) is 0 Å². The summed E-state index contributed by atoms with van der Waals surface area (Å²) in [6, 6.07) is 7.13. The molecule has 6 nitrogen and oxygen atoms in total. The Morgan fingerprint density at radius 3 is 2.78 bits per heavy atom. The quantitative estimate of drug-likeness (QED) is 0.784. The first kappa shape index (κ1) is 15.3. The van der Waals surface area contributed by atoms with Crippen LogP contribution < -0.4 is 11.1 Å². The van der Waals surface area contributed by atoms with Gasteiger partial charge in [-0.3, -0.25) is 9.59 Å². The van der Waals surface area contributed by atoms with Crippen molar-refractivity contribution in [1.82, 2.24) is 0 Å². The molecular weight excluding hydrogens is 362 g/mol. The number of carbonyl (C=O) groups is 2. The minimum absolute atomic E-state index is 0.0809. The van der Waals surface area contributed by atoms with Crippen LogP contribution in [0.25, 0.3) is 0 Å². The number of anilines is 1. The topological polar surface area (TPSA) is 105 Å². The lowest BCUT2D eigenvalue weighted by Crippen LogP contribution is -2.44. The Morgan fingerprint density at radius 1 is 1.48 bits per heavy atom. The second kappa shape index (κ2) is 4.96. The van der Waals surface area contributed by atoms with E-state index in [-0.39, 0.29) is 28.6 Å². The number of halogens is 1. The van der Waals surface area contributed by atoms with Crippen molar-refractivity contribution in [3.63, 3.8) is 0 Å². The largest absolute Gasteiger partial charge is 0.445 e. The molecule has 7 heteroatoms. The molecule has 0 saturated heterocycles. The zero-order valence-corrected chi connectivity index (χ0v) is 13.9. The number of nitrogens with two attached hydrogens (primary N) is 1. The molecule has 1 atom stereocenters. The van der Waals surface area contributed by atoms with Crippen molar-refractivity contribution in [2.75, 3.05) is 5.32 Å². The fourth-order valence-electron chi connectivity index (χ4n) is 3.26. The van der Waals surface area contributed by atoms with E-state index in [1.807, 2.05) is 6.07 Å². The van der Waals surface area contributed by atoms with Crippen LogP contribution in [0.2, 0.25) is 0 Å². The summed E-state index contributed by atoms with van der Waals surface area (Å²) >= 11 is 3.36. The first-order chi connectivity index (χ1) is 10.8. The van der Waals surface area contributed by atoms with Crippen LogP contribution >= 0.6 is 15.9 Å². The first-order valence-electron chi connectivity index (χ1n) is 6.76. The number of ketones is 1. The monoisotopic (exact) mass is 373 g/mol. The molecule has 0 fully saturated rings. The lowest BCUT2D eigenvalue weighted by molar-refractivity contribution is -0.122. The average Bonchev–Trinajstić information content (AvgIpc) is 2.72. The number of hydrogen-bond acceptors (Lipinski definition) is 5. The molecule has 3 rings (SSSR count). The Balaban J connectivity index is 2.48. The van der Waals surface area contributed by atoms with E-state index in [2.05, 4.69) is 21.2 Å². The highest BCUT2D eigenvalue weighted by Gasteiger charge is 2.58. The van der Waals surface area contributed by atoms with Gasteiger partial charge >= 0.3 is 0 Å². The maximum Gasteiger partial charge on any atom is 0.245 e. The molecule has 0 bridgehead atoms. The van der Waals surface area contributed by atoms with Crippen molar-refractivity contribution in [2.45, 2.75) is 19.3 Å². The van der Waals surface area contributed by atoms with Crippen LogP contribution in [-0.2, 0) is 19.7 Å². The van der Waals surface area contributed by atoms with Crippen LogP contribution in [0.1, 0.15) is 19.4 Å². The summed E-state index contributed by atoms with van der Waals surface area (Å²) in [4.78, 5) is 25.2. The summed E-state index contributed by atoms with van der Waals surface area (Å²) in [5.74, 6) is -0.793. The van der Waals surface area contributed by atoms with Gasteiger partial charge < -0.3 is 15.8 Å². The van der Waals surface area contributed by atoms with Gasteiger partial charge in [-0.05, 0) is 32.0 Å². The fourth-order valence-corrected chi connectivity index (χ4v) is 3.62. The Hall–Kier alpha value is -2.59. The van der Waals surface area contributed by atoms with Crippen molar-refractivity contribution in [3.05, 3.63) is 51.0 Å². The SMILES string of the molecule is CC(=O)C1=C(C)OC(N)=C(C#N)[C@]12C(=O)Nc1ccc(Br)cc12. The van der Waals surface area contributed by atoms with Crippen LogP contribution in [-0.4, -0.2) is 11.7 Å². The van der Waals surface area contributed by atoms with Gasteiger partial charge in [-0.15, -0.1) is 0 Å². The van der Waals surface area contributed by atoms with E-state index in [0.717, 1.165) is 4.47 Å². The Bertz CT molecular complexity index is 879. The highest BCUT2D eigenvalue weighted by Crippen LogP contribution is 2.52. The number of nitrogens with zero attached hydrogens (tertiary/aromatic N) is 1. The summed E-state index contributed by atoms with van der Waals surface area (Å²) in [5.41, 5.74) is 5.35. The van der Waals surface area contributed by atoms with E-state index in [4.69, 9.17) is 10.5 Å². The number of amides is 1. The van der Waals surface area contributed by atoms with E-state index in [1.165, 1.54) is 6.92 Å². The number of carbonyl (C=O) groups excluding carboxylic acids is 2. The van der Waals surface area contributed by atoms with Gasteiger partial charge in [0.2, 0.25) is 11.8 Å². The first-order valence-corrected chi connectivity index (χ1v) is 7.55. The maximum atomic E-state index is 12.9. The van der Waals surface area contributed by atoms with Crippen LogP contribution in [0.15, 0.2) is 45.5 Å². The molecule has 0 aliphatic carbocycles. The van der Waals surface area contributed by atoms with E-state index < -0.39 is 11.3 Å². The number of hydrogen-bond donors (Lipinski definition) is 2. The molecule has 2 aliphatic heterocycles. The molecular formula is C16H12BrN3O3. The third-order valence-corrected chi connectivity index (χ3v) is 4.54. The van der Waals surface area contributed by atoms with Crippen molar-refractivity contribution >= 4 is 33.3 Å². The van der Waals surface area contributed by atoms with Gasteiger partial charge in [0, 0.05) is 15.7 Å². The minimum atomic E-state index is -1.58. The third-order valence-electron chi connectivity index (χ3n) is 4.05. The molecule has 0 aromatic heterocycles. The highest BCUT2D eigenvalue weighted by atomic mass is 79.9. The smallest absolute Gasteiger partial charge is 0.245 e. The van der Waals surface area contributed by atoms with Gasteiger partial charge in [0.05, 0.1) is 5.57 Å². The minimum Gasteiger partial charge on any atom is -0.445 e. The lowest BCUT2D eigenvalue weighted by atomic mass is 9.67. The maximum absolute atomic E-state index is 12.9. The molecule has 1 spiro atoms. The lowest BCUT2D eigenvalue weighted by Gasteiger charge is -2.34. The number of Topliss-reactive ketones (excluding diaryl/α,β-unsaturated/α-hetero) is 1. The van der Waals surface area contributed by atoms with Crippen molar-refractivity contribution in [3.8, 4) is 6.07 Å². The fraction of sp³-hybridized carbons (Fsp3) is 0.188. The molecule has 2 aliphatic rings. The van der Waals surface area contributed by atoms with Crippen molar-refractivity contribution in [1.29, 1.82) is 5.26 Å². The van der Waals surface area contributed by atoms with Gasteiger partial charge in [0.15, 0.2) is 5.78 Å². The molecule has 2 heterocycles. The molecule has 0 unspecified atom stereocenters. The van der Waals surface area contributed by atoms with Crippen molar-refractivity contribution in [2.24, 2.45) is 5.73 Å². The molecule has 3 N–H and O–H groups in total. The van der Waals surface area contributed by atoms with Crippen LogP contribution in [0.3, 0.4) is 0 Å². The Kier molecular flexibility index (Phi) is 3.30. The molecule has 1 aromatic rings. The highest BCUT2D eigenvalue weighted by molar-refractivity contribution is 9.10. The molecule has 0 radical (unpaired) electrons. The van der Waals surface area contributed by atoms with Crippen LogP contribution in [0, 0.1) is 11.3 Å². The predicted molar refractivity (Wildman–Crippen MR) is 85.7 cm³/mol. The number of rotatable bonds is 1. The van der Waals surface area contributed by atoms with E-state index >= 15 is 0 Å². The molecule has 0 saturated carbocycles. The van der Waals surface area contributed by atoms with E-state index in [9.17, 15) is 14.9 Å². The average molecular weight is 374 g/mol. The van der Waals surface area contributed by atoms with Gasteiger partial charge in [0.25, 0.3) is 0 Å². The molecule has 1 aromatic carbocycles. The number of nitrogens with one attached hydrogen (secondary N) is 1. The Labute approximate surface area is 140 Å². The molecule has 23 heavy (non-hydrogen) atoms. The zero-order chi connectivity index (χ0) is 16.9. The molecule has 116 valence electrons. The third kappa shape index (κ3) is 1.85. The summed E-state index contributed by atoms with van der Waals surface area (Å²) < 4.78 is 6.06. The van der Waals surface area contributed by atoms with E-state index in [1.54, 1.807) is 25.1 Å². The standard InChI is InChI=1S/C16H12BrN3O3/c1-7(21)13-8(2)23-14(19)11(6-18)16(13)10-5-9(17)3-4-12(10)20-15(16)22/h3-5H,19H2,1-2H3,(H,20,22)/t16-/m0/s1. The van der Waals surface area contributed by atoms with Gasteiger partial charge in [-0.2, -0.15) is 5.26 Å². The van der Waals surface area contributed by atoms with Crippen LogP contribution in [0.4, 0.5) is 5.69 Å². The number of benzene rings is 1. The number of fused-ring (bicyclic) bond motifs is 2. The summed E-state index contributed by atoms with van der Waals surface area (Å²) in [6.07, 6.45) is 0. The van der Waals surface area contributed by atoms with Gasteiger partial charge in [-0.25, -0.2) is 0 Å². The summed E-state index contributed by atoms with van der Waals surface area (Å²) in [6.45, 7) is 2.90. The van der Waals surface area contributed by atoms with Gasteiger partial charge in [-0.1, -0.05) is 15.9 Å².